The molecular weight excluding hydrogens is 243 g/mol. The minimum Gasteiger partial charge on any atom is -1.00 e. The Morgan fingerprint density at radius 1 is 0.867 bits per heavy atom. The van der Waals surface area contributed by atoms with E-state index in [4.69, 9.17) is 0 Å². The number of hydrogen-bond acceptors (Lipinski definition) is 2. The van der Waals surface area contributed by atoms with E-state index in [0.717, 1.165) is 0 Å². The number of piperidine rings is 1. The summed E-state index contributed by atoms with van der Waals surface area (Å²) in [6, 6.07) is 0. The van der Waals surface area contributed by atoms with Gasteiger partial charge in [0.05, 0.1) is 0 Å². The Kier molecular flexibility index (Phi) is 3.56. The molecule has 1 saturated heterocycles. The number of carbonyl (C=O) groups excluding carboxylic acids is 2. The summed E-state index contributed by atoms with van der Waals surface area (Å²) in [5, 5.41) is 0.458. The largest absolute Gasteiger partial charge is 1.00 e. The van der Waals surface area contributed by atoms with Gasteiger partial charge in [-0.05, 0) is 0 Å². The first-order chi connectivity index (χ1) is 6.05. The normalized spacial score (nSPS) is 26.5. The van der Waals surface area contributed by atoms with Crippen LogP contribution in [-0.4, -0.2) is 29.6 Å². The molecule has 0 aromatic heterocycles. The zero-order valence-corrected chi connectivity index (χ0v) is 9.08. The van der Waals surface area contributed by atoms with Crippen LogP contribution in [0.5, 0.6) is 0 Å². The minimum atomic E-state index is -6.01. The van der Waals surface area contributed by atoms with Crippen molar-refractivity contribution in [3.8, 4) is 0 Å². The SMILES string of the molecule is O=C1NC(=O)C(F)(F)C(F)(F)C1(F)F.[H-].[Na+]. The third-order valence-corrected chi connectivity index (χ3v) is 1.59. The van der Waals surface area contributed by atoms with Gasteiger partial charge in [-0.3, -0.25) is 14.9 Å². The Labute approximate surface area is 102 Å². The molecule has 15 heavy (non-hydrogen) atoms. The molecule has 3 nitrogen and oxygen atoms in total. The fourth-order valence-corrected chi connectivity index (χ4v) is 0.742. The Morgan fingerprint density at radius 2 is 1.13 bits per heavy atom. The van der Waals surface area contributed by atoms with Crippen molar-refractivity contribution < 1.29 is 66.9 Å². The van der Waals surface area contributed by atoms with Gasteiger partial charge >= 0.3 is 59.1 Å². The minimum absolute atomic E-state index is 0. The van der Waals surface area contributed by atoms with Gasteiger partial charge in [-0.25, -0.2) is 0 Å². The molecule has 0 radical (unpaired) electrons. The molecule has 0 bridgehead atoms. The van der Waals surface area contributed by atoms with Crippen molar-refractivity contribution in [2.75, 3.05) is 0 Å². The predicted molar refractivity (Wildman–Crippen MR) is 29.1 cm³/mol. The molecule has 1 aliphatic heterocycles. The van der Waals surface area contributed by atoms with Crippen LogP contribution in [0.25, 0.3) is 0 Å². The topological polar surface area (TPSA) is 46.2 Å². The molecule has 1 heterocycles. The Morgan fingerprint density at radius 3 is 1.40 bits per heavy atom. The van der Waals surface area contributed by atoms with Gasteiger partial charge in [0.15, 0.2) is 0 Å². The van der Waals surface area contributed by atoms with Crippen LogP contribution in [0.2, 0.25) is 0 Å². The first kappa shape index (κ1) is 14.7. The molecule has 2 amide bonds. The Bertz CT molecular complexity index is 294. The van der Waals surface area contributed by atoms with Gasteiger partial charge in [-0.2, -0.15) is 26.3 Å². The van der Waals surface area contributed by atoms with E-state index in [9.17, 15) is 35.9 Å². The maximum atomic E-state index is 12.3. The fraction of sp³-hybridized carbons (Fsp3) is 0.600. The average Bonchev–Trinajstić information content (AvgIpc) is 2.01. The van der Waals surface area contributed by atoms with Crippen LogP contribution in [0.4, 0.5) is 26.3 Å². The van der Waals surface area contributed by atoms with E-state index in [0.29, 0.717) is 5.32 Å². The molecular formula is C5H2F6NNaO2. The number of nitrogens with one attached hydrogen (secondary N) is 1. The molecule has 1 rings (SSSR count). The molecule has 1 fully saturated rings. The van der Waals surface area contributed by atoms with E-state index in [1.54, 1.807) is 0 Å². The van der Waals surface area contributed by atoms with Gasteiger partial charge in [-0.1, -0.05) is 0 Å². The maximum Gasteiger partial charge on any atom is 1.00 e. The van der Waals surface area contributed by atoms with E-state index in [1.807, 2.05) is 0 Å². The van der Waals surface area contributed by atoms with Gasteiger partial charge < -0.3 is 1.43 Å². The number of alkyl halides is 6. The van der Waals surface area contributed by atoms with Crippen molar-refractivity contribution in [2.45, 2.75) is 17.8 Å². The second-order valence-corrected chi connectivity index (χ2v) is 2.51. The van der Waals surface area contributed by atoms with Gasteiger partial charge in [0, 0.05) is 0 Å². The molecule has 82 valence electrons. The van der Waals surface area contributed by atoms with Crippen LogP contribution in [-0.2, 0) is 9.59 Å². The van der Waals surface area contributed by atoms with E-state index < -0.39 is 29.6 Å². The fourth-order valence-electron chi connectivity index (χ4n) is 0.742. The summed E-state index contributed by atoms with van der Waals surface area (Å²) >= 11 is 0. The molecule has 0 aromatic rings. The number of amides is 2. The van der Waals surface area contributed by atoms with Crippen molar-refractivity contribution in [3.05, 3.63) is 0 Å². The molecule has 1 aliphatic rings. The molecule has 0 aromatic carbocycles. The van der Waals surface area contributed by atoms with Crippen molar-refractivity contribution in [1.29, 1.82) is 0 Å². The number of halogens is 6. The van der Waals surface area contributed by atoms with Crippen LogP contribution in [0, 0.1) is 0 Å². The Hall–Kier alpha value is -0.280. The van der Waals surface area contributed by atoms with Gasteiger partial charge in [0.25, 0.3) is 0 Å². The number of rotatable bonds is 0. The first-order valence-corrected chi connectivity index (χ1v) is 3.04. The van der Waals surface area contributed by atoms with Crippen LogP contribution in [0.1, 0.15) is 1.43 Å². The van der Waals surface area contributed by atoms with E-state index in [1.165, 1.54) is 0 Å². The zero-order valence-electron chi connectivity index (χ0n) is 8.08. The molecule has 0 saturated carbocycles. The Balaban J connectivity index is 0. The molecule has 0 unspecified atom stereocenters. The second kappa shape index (κ2) is 3.63. The monoisotopic (exact) mass is 245 g/mol. The van der Waals surface area contributed by atoms with Crippen LogP contribution >= 0.6 is 0 Å². The molecule has 10 heteroatoms. The van der Waals surface area contributed by atoms with Crippen LogP contribution < -0.4 is 34.9 Å². The van der Waals surface area contributed by atoms with E-state index in [2.05, 4.69) is 0 Å². The smallest absolute Gasteiger partial charge is 1.00 e. The quantitative estimate of drug-likeness (QED) is 0.295. The van der Waals surface area contributed by atoms with Crippen LogP contribution in [0.3, 0.4) is 0 Å². The summed E-state index contributed by atoms with van der Waals surface area (Å²) in [6.45, 7) is 0. The van der Waals surface area contributed by atoms with Gasteiger partial charge in [0.1, 0.15) is 0 Å². The van der Waals surface area contributed by atoms with Crippen molar-refractivity contribution >= 4 is 11.8 Å². The zero-order chi connectivity index (χ0) is 11.4. The van der Waals surface area contributed by atoms with Crippen molar-refractivity contribution in [3.63, 3.8) is 0 Å². The third-order valence-electron chi connectivity index (χ3n) is 1.59. The van der Waals surface area contributed by atoms with E-state index in [-0.39, 0.29) is 31.0 Å². The summed E-state index contributed by atoms with van der Waals surface area (Å²) in [5.41, 5.74) is 0. The summed E-state index contributed by atoms with van der Waals surface area (Å²) in [4.78, 5) is 20.3. The number of hydrogen-bond donors (Lipinski definition) is 1. The van der Waals surface area contributed by atoms with Gasteiger partial charge in [-0.15, -0.1) is 0 Å². The standard InChI is InChI=1S/C5HF6NO2.Na.H/c6-3(7)1(13)12-2(14)4(8,9)5(3,10)11;;/h(H,12,13,14);;/q;+1;-1. The summed E-state index contributed by atoms with van der Waals surface area (Å²) in [7, 11) is 0. The summed E-state index contributed by atoms with van der Waals surface area (Å²) in [6.07, 6.45) is 0. The van der Waals surface area contributed by atoms with Crippen LogP contribution in [0.15, 0.2) is 0 Å². The summed E-state index contributed by atoms with van der Waals surface area (Å²) < 4.78 is 73.6. The molecule has 0 aliphatic carbocycles. The maximum absolute atomic E-state index is 12.3. The van der Waals surface area contributed by atoms with E-state index >= 15 is 0 Å². The predicted octanol–water partition coefficient (Wildman–Crippen LogP) is -2.33. The van der Waals surface area contributed by atoms with Crippen molar-refractivity contribution in [2.24, 2.45) is 0 Å². The number of imide groups is 1. The molecule has 0 atom stereocenters. The van der Waals surface area contributed by atoms with Gasteiger partial charge in [0.2, 0.25) is 0 Å². The first-order valence-electron chi connectivity index (χ1n) is 3.04. The van der Waals surface area contributed by atoms with Crippen molar-refractivity contribution in [1.82, 2.24) is 5.32 Å². The summed E-state index contributed by atoms with van der Waals surface area (Å²) in [5.74, 6) is -22.7. The number of carbonyl (C=O) groups is 2. The molecule has 0 spiro atoms. The second-order valence-electron chi connectivity index (χ2n) is 2.51. The average molecular weight is 245 g/mol. The third kappa shape index (κ3) is 1.66. The molecule has 1 N–H and O–H groups in total.